The van der Waals surface area contributed by atoms with E-state index in [9.17, 15) is 23.1 Å². The van der Waals surface area contributed by atoms with E-state index in [4.69, 9.17) is 0 Å². The summed E-state index contributed by atoms with van der Waals surface area (Å²) in [6.07, 6.45) is 0. The summed E-state index contributed by atoms with van der Waals surface area (Å²) >= 11 is 0. The van der Waals surface area contributed by atoms with Gasteiger partial charge in [-0.3, -0.25) is 13.9 Å². The molecule has 1 atom stereocenters. The summed E-state index contributed by atoms with van der Waals surface area (Å²) in [6.45, 7) is 1.45. The SMILES string of the molecule is CCOC(=O)CS(=O)(=O)N1CC(C(=O)O)c2ccccc21. The van der Waals surface area contributed by atoms with Gasteiger partial charge in [0.15, 0.2) is 5.75 Å². The number of carboxylic acid groups (broad SMARTS) is 1. The van der Waals surface area contributed by atoms with E-state index in [1.807, 2.05) is 0 Å². The number of ether oxygens (including phenoxy) is 1. The van der Waals surface area contributed by atoms with Gasteiger partial charge in [0.25, 0.3) is 0 Å². The molecule has 1 N–H and O–H groups in total. The number of para-hydroxylation sites is 1. The summed E-state index contributed by atoms with van der Waals surface area (Å²) in [5.74, 6) is -3.69. The predicted octanol–water partition coefficient (Wildman–Crippen LogP) is 0.568. The molecule has 0 bridgehead atoms. The van der Waals surface area contributed by atoms with Crippen LogP contribution in [0.3, 0.4) is 0 Å². The number of carbonyl (C=O) groups excluding carboxylic acids is 1. The van der Waals surface area contributed by atoms with Crippen molar-refractivity contribution in [2.45, 2.75) is 12.8 Å². The fourth-order valence-corrected chi connectivity index (χ4v) is 3.66. The number of aliphatic carboxylic acids is 1. The lowest BCUT2D eigenvalue weighted by atomic mass is 10.0. The monoisotopic (exact) mass is 313 g/mol. The molecule has 1 unspecified atom stereocenters. The van der Waals surface area contributed by atoms with Gasteiger partial charge >= 0.3 is 11.9 Å². The molecule has 21 heavy (non-hydrogen) atoms. The highest BCUT2D eigenvalue weighted by Crippen LogP contribution is 2.38. The highest BCUT2D eigenvalue weighted by atomic mass is 32.2. The molecule has 0 amide bonds. The molecule has 1 aliphatic heterocycles. The van der Waals surface area contributed by atoms with Crippen molar-refractivity contribution in [2.24, 2.45) is 0 Å². The Morgan fingerprint density at radius 1 is 1.38 bits per heavy atom. The number of sulfonamides is 1. The first-order chi connectivity index (χ1) is 9.86. The molecule has 114 valence electrons. The quantitative estimate of drug-likeness (QED) is 0.797. The standard InChI is InChI=1S/C13H15NO6S/c1-2-20-12(15)8-21(18,19)14-7-10(13(16)17)9-5-3-4-6-11(9)14/h3-6,10H,2,7-8H2,1H3,(H,16,17). The molecular formula is C13H15NO6S. The Balaban J connectivity index is 2.33. The Morgan fingerprint density at radius 2 is 2.05 bits per heavy atom. The van der Waals surface area contributed by atoms with Crippen molar-refractivity contribution in [3.05, 3.63) is 29.8 Å². The van der Waals surface area contributed by atoms with Gasteiger partial charge in [-0.25, -0.2) is 8.42 Å². The summed E-state index contributed by atoms with van der Waals surface area (Å²) in [5.41, 5.74) is 0.728. The maximum Gasteiger partial charge on any atom is 0.323 e. The van der Waals surface area contributed by atoms with E-state index in [0.29, 0.717) is 11.3 Å². The molecule has 0 saturated carbocycles. The second kappa shape index (κ2) is 5.72. The van der Waals surface area contributed by atoms with Crippen LogP contribution in [-0.2, 0) is 24.3 Å². The number of anilines is 1. The second-order valence-corrected chi connectivity index (χ2v) is 6.44. The third kappa shape index (κ3) is 2.99. The lowest BCUT2D eigenvalue weighted by molar-refractivity contribution is -0.140. The zero-order valence-electron chi connectivity index (χ0n) is 11.4. The normalized spacial score (nSPS) is 17.4. The Kier molecular flexibility index (Phi) is 4.17. The molecular weight excluding hydrogens is 298 g/mol. The van der Waals surface area contributed by atoms with Crippen molar-refractivity contribution in [2.75, 3.05) is 23.2 Å². The Morgan fingerprint density at radius 3 is 2.67 bits per heavy atom. The Labute approximate surface area is 122 Å². The van der Waals surface area contributed by atoms with Crippen LogP contribution >= 0.6 is 0 Å². The number of carboxylic acids is 1. The Bertz CT molecular complexity index is 669. The molecule has 1 aromatic rings. The molecule has 0 spiro atoms. The first-order valence-electron chi connectivity index (χ1n) is 6.34. The van der Waals surface area contributed by atoms with Crippen molar-refractivity contribution in [3.8, 4) is 0 Å². The molecule has 2 rings (SSSR count). The largest absolute Gasteiger partial charge is 0.481 e. The molecule has 1 heterocycles. The summed E-state index contributed by atoms with van der Waals surface area (Å²) in [4.78, 5) is 22.6. The van der Waals surface area contributed by atoms with Crippen LogP contribution in [0.25, 0.3) is 0 Å². The number of carbonyl (C=O) groups is 2. The number of nitrogens with zero attached hydrogens (tertiary/aromatic N) is 1. The van der Waals surface area contributed by atoms with Crippen molar-refractivity contribution >= 4 is 27.6 Å². The van der Waals surface area contributed by atoms with Crippen molar-refractivity contribution in [3.63, 3.8) is 0 Å². The van der Waals surface area contributed by atoms with Gasteiger partial charge in [-0.2, -0.15) is 0 Å². The number of hydrogen-bond acceptors (Lipinski definition) is 5. The van der Waals surface area contributed by atoms with Gasteiger partial charge in [-0.15, -0.1) is 0 Å². The molecule has 0 aliphatic carbocycles. The summed E-state index contributed by atoms with van der Waals surface area (Å²) < 4.78 is 30.2. The first-order valence-corrected chi connectivity index (χ1v) is 7.95. The predicted molar refractivity (Wildman–Crippen MR) is 74.6 cm³/mol. The molecule has 1 aromatic carbocycles. The van der Waals surface area contributed by atoms with Gasteiger partial charge in [-0.05, 0) is 18.6 Å². The topological polar surface area (TPSA) is 101 Å². The van der Waals surface area contributed by atoms with E-state index in [0.717, 1.165) is 4.31 Å². The van der Waals surface area contributed by atoms with E-state index in [-0.39, 0.29) is 13.2 Å². The maximum atomic E-state index is 12.3. The summed E-state index contributed by atoms with van der Waals surface area (Å²) in [5, 5.41) is 9.20. The third-order valence-electron chi connectivity index (χ3n) is 3.17. The van der Waals surface area contributed by atoms with Gasteiger partial charge in [-0.1, -0.05) is 18.2 Å². The van der Waals surface area contributed by atoms with Gasteiger partial charge in [0.05, 0.1) is 18.8 Å². The van der Waals surface area contributed by atoms with E-state index >= 15 is 0 Å². The average Bonchev–Trinajstić information content (AvgIpc) is 2.78. The number of rotatable bonds is 5. The van der Waals surface area contributed by atoms with Crippen LogP contribution in [0.5, 0.6) is 0 Å². The highest BCUT2D eigenvalue weighted by molar-refractivity contribution is 7.93. The van der Waals surface area contributed by atoms with Crippen LogP contribution < -0.4 is 4.31 Å². The molecule has 7 nitrogen and oxygen atoms in total. The van der Waals surface area contributed by atoms with Gasteiger partial charge in [0.2, 0.25) is 10.0 Å². The molecule has 0 aromatic heterocycles. The van der Waals surface area contributed by atoms with E-state index in [1.54, 1.807) is 25.1 Å². The van der Waals surface area contributed by atoms with Crippen LogP contribution in [0.1, 0.15) is 18.4 Å². The van der Waals surface area contributed by atoms with Crippen molar-refractivity contribution < 1.29 is 27.9 Å². The number of hydrogen-bond donors (Lipinski definition) is 1. The molecule has 1 aliphatic rings. The van der Waals surface area contributed by atoms with Crippen LogP contribution in [0.15, 0.2) is 24.3 Å². The van der Waals surface area contributed by atoms with Gasteiger partial charge in [0, 0.05) is 0 Å². The minimum Gasteiger partial charge on any atom is -0.481 e. The van der Waals surface area contributed by atoms with Crippen LogP contribution in [0.2, 0.25) is 0 Å². The molecule has 8 heteroatoms. The lowest BCUT2D eigenvalue weighted by Gasteiger charge is -2.19. The number of benzene rings is 1. The fourth-order valence-electron chi connectivity index (χ4n) is 2.28. The Hall–Kier alpha value is -2.09. The maximum absolute atomic E-state index is 12.3. The van der Waals surface area contributed by atoms with Crippen molar-refractivity contribution in [1.29, 1.82) is 0 Å². The zero-order valence-corrected chi connectivity index (χ0v) is 12.2. The highest BCUT2D eigenvalue weighted by Gasteiger charge is 2.39. The second-order valence-electron chi connectivity index (χ2n) is 4.54. The van der Waals surface area contributed by atoms with Gasteiger partial charge in [0.1, 0.15) is 5.92 Å². The lowest BCUT2D eigenvalue weighted by Crippen LogP contribution is -2.36. The third-order valence-corrected chi connectivity index (χ3v) is 4.79. The van der Waals surface area contributed by atoms with E-state index in [1.165, 1.54) is 6.07 Å². The van der Waals surface area contributed by atoms with E-state index < -0.39 is 33.6 Å². The fraction of sp³-hybridized carbons (Fsp3) is 0.385. The first kappa shape index (κ1) is 15.3. The average molecular weight is 313 g/mol. The van der Waals surface area contributed by atoms with Crippen LogP contribution in [-0.4, -0.2) is 44.4 Å². The van der Waals surface area contributed by atoms with Crippen LogP contribution in [0, 0.1) is 0 Å². The van der Waals surface area contributed by atoms with Gasteiger partial charge < -0.3 is 9.84 Å². The summed E-state index contributed by atoms with van der Waals surface area (Å²) in [6, 6.07) is 6.38. The minimum absolute atomic E-state index is 0.0860. The minimum atomic E-state index is -3.97. The van der Waals surface area contributed by atoms with Crippen LogP contribution in [0.4, 0.5) is 5.69 Å². The van der Waals surface area contributed by atoms with Crippen molar-refractivity contribution in [1.82, 2.24) is 0 Å². The smallest absolute Gasteiger partial charge is 0.323 e. The number of fused-ring (bicyclic) bond motifs is 1. The van der Waals surface area contributed by atoms with E-state index in [2.05, 4.69) is 4.74 Å². The zero-order chi connectivity index (χ0) is 15.6. The summed E-state index contributed by atoms with van der Waals surface area (Å²) in [7, 11) is -3.97. The molecule has 0 radical (unpaired) electrons. The number of esters is 1. The molecule has 0 fully saturated rings. The molecule has 0 saturated heterocycles.